The number of para-hydroxylation sites is 2. The van der Waals surface area contributed by atoms with Crippen LogP contribution in [0.1, 0.15) is 21.1 Å². The average Bonchev–Trinajstić information content (AvgIpc) is 3.11. The van der Waals surface area contributed by atoms with Gasteiger partial charge in [-0.15, -0.1) is 11.3 Å². The number of imidazole rings is 1. The quantitative estimate of drug-likeness (QED) is 0.614. The van der Waals surface area contributed by atoms with Crippen LogP contribution >= 0.6 is 11.3 Å². The minimum Gasteiger partial charge on any atom is -0.344 e. The molecule has 120 valence electrons. The lowest BCUT2D eigenvalue weighted by Crippen LogP contribution is -2.24. The number of rotatable bonds is 3. The van der Waals surface area contributed by atoms with E-state index in [0.29, 0.717) is 6.54 Å². The van der Waals surface area contributed by atoms with Crippen molar-refractivity contribution in [3.63, 3.8) is 0 Å². The summed E-state index contributed by atoms with van der Waals surface area (Å²) < 4.78 is 3.16. The minimum absolute atomic E-state index is 0.0410. The normalized spacial score (nSPS) is 11.2. The van der Waals surface area contributed by atoms with Crippen LogP contribution in [0.5, 0.6) is 0 Å². The highest BCUT2D eigenvalue weighted by atomic mass is 32.1. The number of hydrogen-bond acceptors (Lipinski definition) is 3. The second-order valence-corrected chi connectivity index (χ2v) is 6.86. The fraction of sp³-hybridized carbons (Fsp3) is 0.158. The minimum atomic E-state index is -0.0410. The van der Waals surface area contributed by atoms with Crippen molar-refractivity contribution in [2.45, 2.75) is 13.5 Å². The van der Waals surface area contributed by atoms with Gasteiger partial charge in [0.1, 0.15) is 5.82 Å². The van der Waals surface area contributed by atoms with Crippen molar-refractivity contribution in [3.8, 4) is 0 Å². The lowest BCUT2D eigenvalue weighted by atomic mass is 10.1. The summed E-state index contributed by atoms with van der Waals surface area (Å²) in [6, 6.07) is 16.1. The number of nitrogens with one attached hydrogen (secondary N) is 1. The van der Waals surface area contributed by atoms with Gasteiger partial charge >= 0.3 is 0 Å². The van der Waals surface area contributed by atoms with Gasteiger partial charge < -0.3 is 9.88 Å². The van der Waals surface area contributed by atoms with Crippen LogP contribution in [0.25, 0.3) is 21.1 Å². The number of carbonyl (C=O) groups is 1. The Bertz CT molecular complexity index is 1060. The summed E-state index contributed by atoms with van der Waals surface area (Å²) in [5, 5.41) is 4.16. The third-order valence-electron chi connectivity index (χ3n) is 4.34. The summed E-state index contributed by atoms with van der Waals surface area (Å²) in [5.41, 5.74) is 3.06. The maximum absolute atomic E-state index is 12.6. The number of amides is 1. The van der Waals surface area contributed by atoms with Gasteiger partial charge in [-0.1, -0.05) is 30.3 Å². The average molecular weight is 335 g/mol. The molecule has 2 heterocycles. The molecule has 0 saturated carbocycles. The molecule has 2 aromatic carbocycles. The van der Waals surface area contributed by atoms with Crippen molar-refractivity contribution in [1.82, 2.24) is 14.9 Å². The van der Waals surface area contributed by atoms with E-state index in [1.54, 1.807) is 0 Å². The molecule has 0 fully saturated rings. The van der Waals surface area contributed by atoms with Crippen molar-refractivity contribution in [3.05, 3.63) is 64.8 Å². The van der Waals surface area contributed by atoms with E-state index in [0.717, 1.165) is 37.4 Å². The van der Waals surface area contributed by atoms with Crippen LogP contribution in [0.4, 0.5) is 0 Å². The molecule has 0 aliphatic carbocycles. The van der Waals surface area contributed by atoms with Crippen molar-refractivity contribution in [2.24, 2.45) is 7.05 Å². The number of thiophene rings is 1. The van der Waals surface area contributed by atoms with Gasteiger partial charge in [-0.25, -0.2) is 4.98 Å². The van der Waals surface area contributed by atoms with Gasteiger partial charge in [0.25, 0.3) is 5.91 Å². The lowest BCUT2D eigenvalue weighted by molar-refractivity contribution is 0.0953. The highest BCUT2D eigenvalue weighted by Crippen LogP contribution is 2.30. The first-order chi connectivity index (χ1) is 11.6. The van der Waals surface area contributed by atoms with Crippen LogP contribution in [0.15, 0.2) is 48.5 Å². The topological polar surface area (TPSA) is 46.9 Å². The van der Waals surface area contributed by atoms with E-state index in [2.05, 4.69) is 22.4 Å². The highest BCUT2D eigenvalue weighted by Gasteiger charge is 2.16. The molecule has 0 atom stereocenters. The van der Waals surface area contributed by atoms with Crippen molar-refractivity contribution in [1.29, 1.82) is 0 Å². The van der Waals surface area contributed by atoms with E-state index >= 15 is 0 Å². The number of aromatic nitrogens is 2. The molecule has 4 aromatic rings. The van der Waals surface area contributed by atoms with Crippen molar-refractivity contribution >= 4 is 38.4 Å². The second-order valence-electron chi connectivity index (χ2n) is 5.81. The fourth-order valence-corrected chi connectivity index (χ4v) is 4.11. The van der Waals surface area contributed by atoms with E-state index in [-0.39, 0.29) is 5.91 Å². The maximum atomic E-state index is 12.6. The molecule has 24 heavy (non-hydrogen) atoms. The van der Waals surface area contributed by atoms with Crippen molar-refractivity contribution < 1.29 is 4.79 Å². The van der Waals surface area contributed by atoms with Gasteiger partial charge in [0.2, 0.25) is 0 Å². The molecule has 0 unspecified atom stereocenters. The molecule has 4 rings (SSSR count). The smallest absolute Gasteiger partial charge is 0.262 e. The Balaban J connectivity index is 1.59. The molecule has 0 aliphatic heterocycles. The second kappa shape index (κ2) is 5.76. The molecule has 0 spiro atoms. The Morgan fingerprint density at radius 1 is 1.17 bits per heavy atom. The van der Waals surface area contributed by atoms with Crippen LogP contribution in [-0.2, 0) is 13.6 Å². The van der Waals surface area contributed by atoms with Gasteiger partial charge in [-0.3, -0.25) is 4.79 Å². The molecular weight excluding hydrogens is 318 g/mol. The Kier molecular flexibility index (Phi) is 3.58. The van der Waals surface area contributed by atoms with Crippen molar-refractivity contribution in [2.75, 3.05) is 0 Å². The van der Waals surface area contributed by atoms with E-state index in [1.165, 1.54) is 11.3 Å². The first-order valence-corrected chi connectivity index (χ1v) is 8.63. The summed E-state index contributed by atoms with van der Waals surface area (Å²) in [4.78, 5) is 18.0. The number of hydrogen-bond donors (Lipinski definition) is 1. The number of carbonyl (C=O) groups excluding carboxylic acids is 1. The van der Waals surface area contributed by atoms with Crippen LogP contribution in [0.3, 0.4) is 0 Å². The molecular formula is C19H17N3OS. The van der Waals surface area contributed by atoms with E-state index < -0.39 is 0 Å². The molecule has 5 heteroatoms. The van der Waals surface area contributed by atoms with Gasteiger partial charge in [0.05, 0.1) is 22.5 Å². The number of nitrogens with zero attached hydrogens (tertiary/aromatic N) is 2. The van der Waals surface area contributed by atoms with Crippen LogP contribution in [0, 0.1) is 6.92 Å². The van der Waals surface area contributed by atoms with Crippen LogP contribution in [-0.4, -0.2) is 15.5 Å². The van der Waals surface area contributed by atoms with Crippen LogP contribution in [0.2, 0.25) is 0 Å². The largest absolute Gasteiger partial charge is 0.344 e. The number of aryl methyl sites for hydroxylation is 2. The fourth-order valence-electron chi connectivity index (χ4n) is 2.98. The zero-order valence-corrected chi connectivity index (χ0v) is 14.4. The van der Waals surface area contributed by atoms with E-state index in [9.17, 15) is 4.79 Å². The predicted molar refractivity (Wildman–Crippen MR) is 98.4 cm³/mol. The SMILES string of the molecule is Cc1c(C(=O)NCc2nc3ccccc3n2C)sc2ccccc12. The Morgan fingerprint density at radius 3 is 2.71 bits per heavy atom. The Labute approximate surface area is 143 Å². The molecule has 0 saturated heterocycles. The standard InChI is InChI=1S/C19H17N3OS/c1-12-13-7-3-6-10-16(13)24-18(12)19(23)20-11-17-21-14-8-4-5-9-15(14)22(17)2/h3-10H,11H2,1-2H3,(H,20,23). The first-order valence-electron chi connectivity index (χ1n) is 7.82. The molecule has 0 aliphatic rings. The molecule has 1 amide bonds. The van der Waals surface area contributed by atoms with E-state index in [1.807, 2.05) is 54.9 Å². The predicted octanol–water partition coefficient (Wildman–Crippen LogP) is 4.03. The molecule has 4 nitrogen and oxygen atoms in total. The van der Waals surface area contributed by atoms with Gasteiger partial charge in [-0.2, -0.15) is 0 Å². The highest BCUT2D eigenvalue weighted by molar-refractivity contribution is 7.21. The van der Waals surface area contributed by atoms with Gasteiger partial charge in [-0.05, 0) is 36.1 Å². The first kappa shape index (κ1) is 14.9. The zero-order chi connectivity index (χ0) is 16.7. The monoisotopic (exact) mass is 335 g/mol. The third kappa shape index (κ3) is 2.37. The molecule has 2 aromatic heterocycles. The number of fused-ring (bicyclic) bond motifs is 2. The molecule has 0 radical (unpaired) electrons. The molecule has 0 bridgehead atoms. The Hall–Kier alpha value is -2.66. The van der Waals surface area contributed by atoms with Gasteiger partial charge in [0, 0.05) is 11.7 Å². The maximum Gasteiger partial charge on any atom is 0.262 e. The number of benzene rings is 2. The summed E-state index contributed by atoms with van der Waals surface area (Å²) in [6.07, 6.45) is 0. The summed E-state index contributed by atoms with van der Waals surface area (Å²) in [6.45, 7) is 2.42. The van der Waals surface area contributed by atoms with Crippen LogP contribution < -0.4 is 5.32 Å². The summed E-state index contributed by atoms with van der Waals surface area (Å²) in [7, 11) is 1.97. The zero-order valence-electron chi connectivity index (χ0n) is 13.5. The Morgan fingerprint density at radius 2 is 1.92 bits per heavy atom. The van der Waals surface area contributed by atoms with E-state index in [4.69, 9.17) is 0 Å². The third-order valence-corrected chi connectivity index (χ3v) is 5.61. The van der Waals surface area contributed by atoms with Gasteiger partial charge in [0.15, 0.2) is 0 Å². The lowest BCUT2D eigenvalue weighted by Gasteiger charge is -2.05. The molecule has 1 N–H and O–H groups in total. The summed E-state index contributed by atoms with van der Waals surface area (Å²) in [5.74, 6) is 0.809. The summed E-state index contributed by atoms with van der Waals surface area (Å²) >= 11 is 1.54.